The fourth-order valence-electron chi connectivity index (χ4n) is 2.25. The van der Waals surface area contributed by atoms with Gasteiger partial charge in [-0.25, -0.2) is 4.39 Å². The highest BCUT2D eigenvalue weighted by Crippen LogP contribution is 2.22. The van der Waals surface area contributed by atoms with Gasteiger partial charge >= 0.3 is 0 Å². The summed E-state index contributed by atoms with van der Waals surface area (Å²) in [5.74, 6) is -0.219. The zero-order chi connectivity index (χ0) is 13.9. The van der Waals surface area contributed by atoms with E-state index in [4.69, 9.17) is 0 Å². The molecule has 0 aliphatic rings. The van der Waals surface area contributed by atoms with Crippen molar-refractivity contribution in [2.75, 3.05) is 0 Å². The molecule has 2 aromatic carbocycles. The maximum Gasteiger partial charge on any atom is 0.131 e. The van der Waals surface area contributed by atoms with Crippen molar-refractivity contribution in [2.45, 2.75) is 13.5 Å². The molecule has 0 saturated carbocycles. The van der Waals surface area contributed by atoms with Gasteiger partial charge in [0, 0.05) is 17.3 Å². The van der Waals surface area contributed by atoms with Crippen molar-refractivity contribution in [3.8, 4) is 11.1 Å². The number of aromatic nitrogens is 2. The van der Waals surface area contributed by atoms with Gasteiger partial charge in [-0.3, -0.25) is 4.68 Å². The monoisotopic (exact) mass is 266 g/mol. The van der Waals surface area contributed by atoms with Crippen LogP contribution in [0.4, 0.5) is 4.39 Å². The number of benzene rings is 2. The average Bonchev–Trinajstić information content (AvgIpc) is 2.90. The lowest BCUT2D eigenvalue weighted by atomic mass is 10.1. The molecule has 0 aliphatic heterocycles. The summed E-state index contributed by atoms with van der Waals surface area (Å²) < 4.78 is 15.6. The fourth-order valence-corrected chi connectivity index (χ4v) is 2.25. The van der Waals surface area contributed by atoms with E-state index in [0.29, 0.717) is 12.1 Å². The van der Waals surface area contributed by atoms with Crippen LogP contribution in [-0.2, 0) is 6.54 Å². The van der Waals surface area contributed by atoms with Gasteiger partial charge in [-0.15, -0.1) is 0 Å². The zero-order valence-corrected chi connectivity index (χ0v) is 11.3. The zero-order valence-electron chi connectivity index (χ0n) is 11.3. The molecule has 1 heterocycles. The molecule has 0 N–H and O–H groups in total. The first-order valence-electron chi connectivity index (χ1n) is 6.56. The molecule has 0 unspecified atom stereocenters. The van der Waals surface area contributed by atoms with E-state index in [1.807, 2.05) is 29.1 Å². The van der Waals surface area contributed by atoms with E-state index < -0.39 is 0 Å². The van der Waals surface area contributed by atoms with Gasteiger partial charge in [0.25, 0.3) is 0 Å². The standard InChI is InChI=1S/C17H15FN2/c1-13-6-2-3-7-14(13)11-20-12-15(10-19-20)16-8-4-5-9-17(16)18/h2-10,12H,11H2,1H3. The lowest BCUT2D eigenvalue weighted by molar-refractivity contribution is 0.631. The van der Waals surface area contributed by atoms with Crippen molar-refractivity contribution >= 4 is 0 Å². The largest absolute Gasteiger partial charge is 0.268 e. The first-order chi connectivity index (χ1) is 9.74. The summed E-state index contributed by atoms with van der Waals surface area (Å²) in [5.41, 5.74) is 3.84. The molecule has 0 bridgehead atoms. The molecule has 1 aromatic heterocycles. The summed E-state index contributed by atoms with van der Waals surface area (Å²) in [4.78, 5) is 0. The number of aryl methyl sites for hydroxylation is 1. The molecule has 0 spiro atoms. The van der Waals surface area contributed by atoms with Crippen molar-refractivity contribution in [3.05, 3.63) is 77.9 Å². The minimum absolute atomic E-state index is 0.219. The Morgan fingerprint density at radius 2 is 1.80 bits per heavy atom. The van der Waals surface area contributed by atoms with Crippen LogP contribution in [0.15, 0.2) is 60.9 Å². The normalized spacial score (nSPS) is 10.7. The highest BCUT2D eigenvalue weighted by Gasteiger charge is 2.07. The topological polar surface area (TPSA) is 17.8 Å². The molecule has 3 aromatic rings. The Labute approximate surface area is 117 Å². The van der Waals surface area contributed by atoms with Crippen molar-refractivity contribution in [1.29, 1.82) is 0 Å². The minimum Gasteiger partial charge on any atom is -0.268 e. The smallest absolute Gasteiger partial charge is 0.131 e. The molecule has 0 amide bonds. The first kappa shape index (κ1) is 12.6. The second-order valence-electron chi connectivity index (χ2n) is 4.83. The molecule has 0 atom stereocenters. The van der Waals surface area contributed by atoms with Crippen LogP contribution in [-0.4, -0.2) is 9.78 Å². The maximum atomic E-state index is 13.7. The van der Waals surface area contributed by atoms with Gasteiger partial charge in [-0.1, -0.05) is 42.5 Å². The van der Waals surface area contributed by atoms with Crippen LogP contribution in [0.2, 0.25) is 0 Å². The predicted molar refractivity (Wildman–Crippen MR) is 77.9 cm³/mol. The predicted octanol–water partition coefficient (Wildman–Crippen LogP) is 4.05. The molecule has 0 radical (unpaired) electrons. The van der Waals surface area contributed by atoms with E-state index in [-0.39, 0.29) is 5.82 Å². The maximum absolute atomic E-state index is 13.7. The average molecular weight is 266 g/mol. The molecule has 0 fully saturated rings. The van der Waals surface area contributed by atoms with E-state index in [0.717, 1.165) is 5.56 Å². The SMILES string of the molecule is Cc1ccccc1Cn1cc(-c2ccccc2F)cn1. The molecule has 3 rings (SSSR count). The minimum atomic E-state index is -0.219. The van der Waals surface area contributed by atoms with Crippen LogP contribution in [0.3, 0.4) is 0 Å². The van der Waals surface area contributed by atoms with Gasteiger partial charge in [0.2, 0.25) is 0 Å². The first-order valence-corrected chi connectivity index (χ1v) is 6.56. The lowest BCUT2D eigenvalue weighted by Gasteiger charge is -2.05. The Morgan fingerprint density at radius 1 is 1.05 bits per heavy atom. The van der Waals surface area contributed by atoms with Gasteiger partial charge < -0.3 is 0 Å². The summed E-state index contributed by atoms with van der Waals surface area (Å²) in [6, 6.07) is 15.0. The quantitative estimate of drug-likeness (QED) is 0.699. The van der Waals surface area contributed by atoms with Crippen LogP contribution in [0.25, 0.3) is 11.1 Å². The number of rotatable bonds is 3. The highest BCUT2D eigenvalue weighted by atomic mass is 19.1. The van der Waals surface area contributed by atoms with Crippen molar-refractivity contribution in [3.63, 3.8) is 0 Å². The van der Waals surface area contributed by atoms with Crippen molar-refractivity contribution in [2.24, 2.45) is 0 Å². The van der Waals surface area contributed by atoms with Gasteiger partial charge in [0.15, 0.2) is 0 Å². The van der Waals surface area contributed by atoms with E-state index in [1.54, 1.807) is 18.3 Å². The summed E-state index contributed by atoms with van der Waals surface area (Å²) in [5, 5.41) is 4.32. The van der Waals surface area contributed by atoms with Gasteiger partial charge in [-0.05, 0) is 24.1 Å². The van der Waals surface area contributed by atoms with Crippen LogP contribution >= 0.6 is 0 Å². The van der Waals surface area contributed by atoms with Gasteiger partial charge in [0.1, 0.15) is 5.82 Å². The molecule has 0 saturated heterocycles. The summed E-state index contributed by atoms with van der Waals surface area (Å²) in [7, 11) is 0. The molecular formula is C17H15FN2. The Hall–Kier alpha value is -2.42. The van der Waals surface area contributed by atoms with Gasteiger partial charge in [0.05, 0.1) is 12.7 Å². The molecule has 0 aliphatic carbocycles. The van der Waals surface area contributed by atoms with E-state index in [2.05, 4.69) is 24.2 Å². The number of hydrogen-bond acceptors (Lipinski definition) is 1. The van der Waals surface area contributed by atoms with Gasteiger partial charge in [-0.2, -0.15) is 5.10 Å². The molecule has 100 valence electrons. The molecule has 20 heavy (non-hydrogen) atoms. The second kappa shape index (κ2) is 5.29. The third-order valence-electron chi connectivity index (χ3n) is 3.41. The Morgan fingerprint density at radius 3 is 2.60 bits per heavy atom. The summed E-state index contributed by atoms with van der Waals surface area (Å²) in [6.07, 6.45) is 3.58. The molecule has 2 nitrogen and oxygen atoms in total. The number of hydrogen-bond donors (Lipinski definition) is 0. The highest BCUT2D eigenvalue weighted by molar-refractivity contribution is 5.62. The Kier molecular flexibility index (Phi) is 3.33. The van der Waals surface area contributed by atoms with Crippen molar-refractivity contribution < 1.29 is 4.39 Å². The lowest BCUT2D eigenvalue weighted by Crippen LogP contribution is -2.01. The fraction of sp³-hybridized carbons (Fsp3) is 0.118. The summed E-state index contributed by atoms with van der Waals surface area (Å²) >= 11 is 0. The second-order valence-corrected chi connectivity index (χ2v) is 4.83. The molecule has 3 heteroatoms. The number of nitrogens with zero attached hydrogens (tertiary/aromatic N) is 2. The third-order valence-corrected chi connectivity index (χ3v) is 3.41. The van der Waals surface area contributed by atoms with Crippen LogP contribution in [0.1, 0.15) is 11.1 Å². The molecular weight excluding hydrogens is 251 g/mol. The van der Waals surface area contributed by atoms with E-state index in [9.17, 15) is 4.39 Å². The van der Waals surface area contributed by atoms with E-state index in [1.165, 1.54) is 17.2 Å². The van der Waals surface area contributed by atoms with E-state index >= 15 is 0 Å². The Balaban J connectivity index is 1.88. The van der Waals surface area contributed by atoms with Crippen LogP contribution < -0.4 is 0 Å². The van der Waals surface area contributed by atoms with Crippen molar-refractivity contribution in [1.82, 2.24) is 9.78 Å². The Bertz CT molecular complexity index is 731. The third kappa shape index (κ3) is 2.48. The van der Waals surface area contributed by atoms with Crippen LogP contribution in [0.5, 0.6) is 0 Å². The van der Waals surface area contributed by atoms with Crippen LogP contribution in [0, 0.1) is 12.7 Å². The summed E-state index contributed by atoms with van der Waals surface area (Å²) in [6.45, 7) is 2.78. The number of halogens is 1.